The van der Waals surface area contributed by atoms with Crippen LogP contribution in [0.3, 0.4) is 0 Å². The predicted octanol–water partition coefficient (Wildman–Crippen LogP) is 2.33. The molecule has 100 valence electrons. The molecular weight excluding hydrogens is 232 g/mol. The standard InChI is InChI=1S/C14H20O4/c1-3-14(17,10-9-13(16)18-4-2)11-5-7-12(15)8-6-11/h5-8,15,17H,3-4,9-10H2,1-2H3. The Morgan fingerprint density at radius 1 is 1.28 bits per heavy atom. The lowest BCUT2D eigenvalue weighted by molar-refractivity contribution is -0.144. The third kappa shape index (κ3) is 3.74. The summed E-state index contributed by atoms with van der Waals surface area (Å²) in [5.41, 5.74) is -0.354. The number of carbonyl (C=O) groups excluding carboxylic acids is 1. The third-order valence-corrected chi connectivity index (χ3v) is 3.04. The molecule has 0 aromatic heterocycles. The van der Waals surface area contributed by atoms with E-state index in [0.717, 1.165) is 0 Å². The summed E-state index contributed by atoms with van der Waals surface area (Å²) in [6.07, 6.45) is 0.989. The number of benzene rings is 1. The summed E-state index contributed by atoms with van der Waals surface area (Å²) in [6, 6.07) is 6.40. The van der Waals surface area contributed by atoms with Crippen LogP contribution >= 0.6 is 0 Å². The summed E-state index contributed by atoms with van der Waals surface area (Å²) in [4.78, 5) is 11.3. The Balaban J connectivity index is 2.73. The summed E-state index contributed by atoms with van der Waals surface area (Å²) in [5, 5.41) is 19.7. The van der Waals surface area contributed by atoms with Crippen LogP contribution in [0, 0.1) is 0 Å². The van der Waals surface area contributed by atoms with Gasteiger partial charge in [0, 0.05) is 6.42 Å². The predicted molar refractivity (Wildman–Crippen MR) is 68.2 cm³/mol. The topological polar surface area (TPSA) is 66.8 Å². The summed E-state index contributed by atoms with van der Waals surface area (Å²) in [5.74, 6) is -0.147. The Morgan fingerprint density at radius 3 is 2.39 bits per heavy atom. The van der Waals surface area contributed by atoms with Crippen LogP contribution in [0.25, 0.3) is 0 Å². The van der Waals surface area contributed by atoms with Gasteiger partial charge in [-0.15, -0.1) is 0 Å². The smallest absolute Gasteiger partial charge is 0.305 e. The van der Waals surface area contributed by atoms with Gasteiger partial charge in [-0.05, 0) is 37.5 Å². The molecule has 0 amide bonds. The van der Waals surface area contributed by atoms with Crippen molar-refractivity contribution in [2.75, 3.05) is 6.61 Å². The van der Waals surface area contributed by atoms with Gasteiger partial charge in [0.1, 0.15) is 5.75 Å². The van der Waals surface area contributed by atoms with E-state index in [2.05, 4.69) is 0 Å². The number of esters is 1. The molecule has 0 fully saturated rings. The van der Waals surface area contributed by atoms with Gasteiger partial charge >= 0.3 is 5.97 Å². The van der Waals surface area contributed by atoms with Gasteiger partial charge in [-0.3, -0.25) is 4.79 Å². The normalized spacial score (nSPS) is 13.9. The Labute approximate surface area is 107 Å². The number of ether oxygens (including phenoxy) is 1. The van der Waals surface area contributed by atoms with Gasteiger partial charge in [-0.2, -0.15) is 0 Å². The number of phenolic OH excluding ortho intramolecular Hbond substituents is 1. The molecule has 0 saturated carbocycles. The number of aromatic hydroxyl groups is 1. The van der Waals surface area contributed by atoms with Crippen molar-refractivity contribution in [3.05, 3.63) is 29.8 Å². The van der Waals surface area contributed by atoms with E-state index in [-0.39, 0.29) is 18.1 Å². The van der Waals surface area contributed by atoms with Crippen LogP contribution in [0.4, 0.5) is 0 Å². The van der Waals surface area contributed by atoms with E-state index in [0.29, 0.717) is 25.0 Å². The quantitative estimate of drug-likeness (QED) is 0.762. The van der Waals surface area contributed by atoms with Crippen molar-refractivity contribution in [1.82, 2.24) is 0 Å². The summed E-state index contributed by atoms with van der Waals surface area (Å²) in [7, 11) is 0. The first-order chi connectivity index (χ1) is 8.51. The number of phenols is 1. The van der Waals surface area contributed by atoms with Crippen molar-refractivity contribution in [2.45, 2.75) is 38.7 Å². The first-order valence-corrected chi connectivity index (χ1v) is 6.19. The van der Waals surface area contributed by atoms with E-state index in [1.54, 1.807) is 19.1 Å². The molecule has 0 aliphatic rings. The van der Waals surface area contributed by atoms with Crippen molar-refractivity contribution in [1.29, 1.82) is 0 Å². The van der Waals surface area contributed by atoms with E-state index in [1.807, 2.05) is 6.92 Å². The monoisotopic (exact) mass is 252 g/mol. The van der Waals surface area contributed by atoms with Gasteiger partial charge in [0.05, 0.1) is 12.2 Å². The number of aliphatic hydroxyl groups is 1. The molecular formula is C14H20O4. The maximum atomic E-state index is 11.3. The molecule has 0 saturated heterocycles. The van der Waals surface area contributed by atoms with Crippen LogP contribution in [0.5, 0.6) is 5.75 Å². The molecule has 0 aliphatic heterocycles. The zero-order valence-electron chi connectivity index (χ0n) is 10.8. The molecule has 0 radical (unpaired) electrons. The largest absolute Gasteiger partial charge is 0.508 e. The highest BCUT2D eigenvalue weighted by atomic mass is 16.5. The van der Waals surface area contributed by atoms with Gasteiger partial charge < -0.3 is 14.9 Å². The van der Waals surface area contributed by atoms with Gasteiger partial charge in [0.25, 0.3) is 0 Å². The van der Waals surface area contributed by atoms with E-state index < -0.39 is 5.60 Å². The molecule has 4 nitrogen and oxygen atoms in total. The zero-order valence-corrected chi connectivity index (χ0v) is 10.8. The Bertz CT molecular complexity index is 385. The average Bonchev–Trinajstić information content (AvgIpc) is 2.37. The second-order valence-electron chi connectivity index (χ2n) is 4.24. The highest BCUT2D eigenvalue weighted by Crippen LogP contribution is 2.31. The molecule has 1 aromatic rings. The molecule has 0 aliphatic carbocycles. The van der Waals surface area contributed by atoms with Crippen molar-refractivity contribution in [3.8, 4) is 5.75 Å². The lowest BCUT2D eigenvalue weighted by atomic mass is 9.87. The fraction of sp³-hybridized carbons (Fsp3) is 0.500. The van der Waals surface area contributed by atoms with E-state index in [9.17, 15) is 15.0 Å². The van der Waals surface area contributed by atoms with Crippen molar-refractivity contribution < 1.29 is 19.7 Å². The first-order valence-electron chi connectivity index (χ1n) is 6.19. The van der Waals surface area contributed by atoms with Gasteiger partial charge in [-0.1, -0.05) is 19.1 Å². The SMILES string of the molecule is CCOC(=O)CCC(O)(CC)c1ccc(O)cc1. The highest BCUT2D eigenvalue weighted by Gasteiger charge is 2.28. The Morgan fingerprint density at radius 2 is 1.89 bits per heavy atom. The van der Waals surface area contributed by atoms with Crippen LogP contribution in [-0.2, 0) is 15.1 Å². The molecule has 1 rings (SSSR count). The van der Waals surface area contributed by atoms with Crippen molar-refractivity contribution >= 4 is 5.97 Å². The average molecular weight is 252 g/mol. The number of hydrogen-bond donors (Lipinski definition) is 2. The molecule has 1 unspecified atom stereocenters. The Hall–Kier alpha value is -1.55. The minimum atomic E-state index is -1.06. The van der Waals surface area contributed by atoms with Crippen LogP contribution in [0.2, 0.25) is 0 Å². The van der Waals surface area contributed by atoms with Crippen molar-refractivity contribution in [2.24, 2.45) is 0 Å². The lowest BCUT2D eigenvalue weighted by Crippen LogP contribution is -2.26. The maximum Gasteiger partial charge on any atom is 0.305 e. The van der Waals surface area contributed by atoms with Gasteiger partial charge in [0.15, 0.2) is 0 Å². The molecule has 1 aromatic carbocycles. The fourth-order valence-electron chi connectivity index (χ4n) is 1.84. The minimum Gasteiger partial charge on any atom is -0.508 e. The van der Waals surface area contributed by atoms with Crippen LogP contribution in [-0.4, -0.2) is 22.8 Å². The van der Waals surface area contributed by atoms with Gasteiger partial charge in [-0.25, -0.2) is 0 Å². The van der Waals surface area contributed by atoms with Crippen LogP contribution in [0.1, 0.15) is 38.7 Å². The number of carbonyl (C=O) groups is 1. The fourth-order valence-corrected chi connectivity index (χ4v) is 1.84. The lowest BCUT2D eigenvalue weighted by Gasteiger charge is -2.27. The second-order valence-corrected chi connectivity index (χ2v) is 4.24. The van der Waals surface area contributed by atoms with Crippen LogP contribution < -0.4 is 0 Å². The number of hydrogen-bond acceptors (Lipinski definition) is 4. The summed E-state index contributed by atoms with van der Waals surface area (Å²) in [6.45, 7) is 3.96. The number of rotatable bonds is 6. The molecule has 0 spiro atoms. The van der Waals surface area contributed by atoms with Crippen LogP contribution in [0.15, 0.2) is 24.3 Å². The van der Waals surface area contributed by atoms with E-state index >= 15 is 0 Å². The first kappa shape index (κ1) is 14.5. The van der Waals surface area contributed by atoms with Crippen molar-refractivity contribution in [3.63, 3.8) is 0 Å². The molecule has 0 heterocycles. The minimum absolute atomic E-state index is 0.155. The summed E-state index contributed by atoms with van der Waals surface area (Å²) < 4.78 is 4.85. The maximum absolute atomic E-state index is 11.3. The molecule has 2 N–H and O–H groups in total. The van der Waals surface area contributed by atoms with Gasteiger partial charge in [0.2, 0.25) is 0 Å². The highest BCUT2D eigenvalue weighted by molar-refractivity contribution is 5.69. The molecule has 4 heteroatoms. The zero-order chi connectivity index (χ0) is 13.6. The molecule has 1 atom stereocenters. The second kappa shape index (κ2) is 6.40. The Kier molecular flexibility index (Phi) is 5.16. The van der Waals surface area contributed by atoms with E-state index in [1.165, 1.54) is 12.1 Å². The molecule has 0 bridgehead atoms. The summed E-state index contributed by atoms with van der Waals surface area (Å²) >= 11 is 0. The van der Waals surface area contributed by atoms with E-state index in [4.69, 9.17) is 4.74 Å². The third-order valence-electron chi connectivity index (χ3n) is 3.04. The molecule has 18 heavy (non-hydrogen) atoms.